The first-order valence-corrected chi connectivity index (χ1v) is 6.40. The SMILES string of the molecule is Cc1cc(F)cc(NCC(=O)Nc2cccc(C)c2)c1. The number of anilines is 2. The van der Waals surface area contributed by atoms with Crippen LogP contribution in [0, 0.1) is 19.7 Å². The van der Waals surface area contributed by atoms with Crippen LogP contribution in [0.3, 0.4) is 0 Å². The van der Waals surface area contributed by atoms with Crippen LogP contribution in [-0.2, 0) is 4.79 Å². The van der Waals surface area contributed by atoms with Crippen molar-refractivity contribution in [1.82, 2.24) is 0 Å². The van der Waals surface area contributed by atoms with Crippen LogP contribution in [0.4, 0.5) is 15.8 Å². The van der Waals surface area contributed by atoms with Crippen LogP contribution in [0.2, 0.25) is 0 Å². The van der Waals surface area contributed by atoms with Crippen LogP contribution in [0.1, 0.15) is 11.1 Å². The molecular formula is C16H17FN2O. The lowest BCUT2D eigenvalue weighted by Gasteiger charge is -2.09. The summed E-state index contributed by atoms with van der Waals surface area (Å²) in [5.41, 5.74) is 3.25. The molecule has 2 rings (SSSR count). The molecule has 0 fully saturated rings. The highest BCUT2D eigenvalue weighted by Gasteiger charge is 2.03. The molecule has 104 valence electrons. The van der Waals surface area contributed by atoms with E-state index >= 15 is 0 Å². The van der Waals surface area contributed by atoms with Gasteiger partial charge in [-0.25, -0.2) is 4.39 Å². The summed E-state index contributed by atoms with van der Waals surface area (Å²) in [7, 11) is 0. The molecular weight excluding hydrogens is 255 g/mol. The Balaban J connectivity index is 1.92. The van der Waals surface area contributed by atoms with Gasteiger partial charge in [-0.1, -0.05) is 12.1 Å². The van der Waals surface area contributed by atoms with Crippen LogP contribution in [0.15, 0.2) is 42.5 Å². The Bertz CT molecular complexity index is 605. The summed E-state index contributed by atoms with van der Waals surface area (Å²) in [4.78, 5) is 11.8. The predicted octanol–water partition coefficient (Wildman–Crippen LogP) is 3.49. The molecule has 0 bridgehead atoms. The Labute approximate surface area is 117 Å². The number of halogens is 1. The molecule has 0 atom stereocenters. The smallest absolute Gasteiger partial charge is 0.243 e. The molecule has 0 aliphatic carbocycles. The normalized spacial score (nSPS) is 10.2. The van der Waals surface area contributed by atoms with Crippen molar-refractivity contribution < 1.29 is 9.18 Å². The van der Waals surface area contributed by atoms with Gasteiger partial charge in [0.1, 0.15) is 5.82 Å². The third kappa shape index (κ3) is 4.09. The second kappa shape index (κ2) is 6.19. The van der Waals surface area contributed by atoms with Crippen molar-refractivity contribution in [3.05, 3.63) is 59.4 Å². The van der Waals surface area contributed by atoms with Gasteiger partial charge in [-0.2, -0.15) is 0 Å². The van der Waals surface area contributed by atoms with E-state index in [-0.39, 0.29) is 18.3 Å². The maximum atomic E-state index is 13.2. The van der Waals surface area contributed by atoms with Crippen molar-refractivity contribution in [3.8, 4) is 0 Å². The number of nitrogens with one attached hydrogen (secondary N) is 2. The van der Waals surface area contributed by atoms with Gasteiger partial charge in [-0.05, 0) is 55.3 Å². The highest BCUT2D eigenvalue weighted by Crippen LogP contribution is 2.13. The Morgan fingerprint density at radius 2 is 1.80 bits per heavy atom. The summed E-state index contributed by atoms with van der Waals surface area (Å²) in [5.74, 6) is -0.482. The number of carbonyl (C=O) groups is 1. The van der Waals surface area contributed by atoms with E-state index in [2.05, 4.69) is 10.6 Å². The fourth-order valence-electron chi connectivity index (χ4n) is 1.95. The van der Waals surface area contributed by atoms with E-state index < -0.39 is 0 Å². The first-order chi connectivity index (χ1) is 9.52. The molecule has 0 heterocycles. The van der Waals surface area contributed by atoms with Gasteiger partial charge in [-0.3, -0.25) is 4.79 Å². The van der Waals surface area contributed by atoms with E-state index in [1.165, 1.54) is 12.1 Å². The second-order valence-corrected chi connectivity index (χ2v) is 4.79. The van der Waals surface area contributed by atoms with E-state index in [4.69, 9.17) is 0 Å². The zero-order chi connectivity index (χ0) is 14.5. The molecule has 2 aromatic carbocycles. The van der Waals surface area contributed by atoms with Crippen molar-refractivity contribution in [3.63, 3.8) is 0 Å². The van der Waals surface area contributed by atoms with Crippen LogP contribution >= 0.6 is 0 Å². The summed E-state index contributed by atoms with van der Waals surface area (Å²) < 4.78 is 13.2. The van der Waals surface area contributed by atoms with Gasteiger partial charge in [0.25, 0.3) is 0 Å². The molecule has 2 N–H and O–H groups in total. The van der Waals surface area contributed by atoms with E-state index in [1.807, 2.05) is 31.2 Å². The van der Waals surface area contributed by atoms with E-state index in [1.54, 1.807) is 13.0 Å². The molecule has 4 heteroatoms. The van der Waals surface area contributed by atoms with Gasteiger partial charge in [0.05, 0.1) is 6.54 Å². The molecule has 0 saturated heterocycles. The lowest BCUT2D eigenvalue weighted by Crippen LogP contribution is -2.21. The summed E-state index contributed by atoms with van der Waals surface area (Å²) in [6.45, 7) is 3.86. The van der Waals surface area contributed by atoms with E-state index in [0.29, 0.717) is 5.69 Å². The monoisotopic (exact) mass is 272 g/mol. The molecule has 0 unspecified atom stereocenters. The molecule has 0 aromatic heterocycles. The van der Waals surface area contributed by atoms with Crippen LogP contribution in [0.25, 0.3) is 0 Å². The molecule has 2 aromatic rings. The highest BCUT2D eigenvalue weighted by atomic mass is 19.1. The number of carbonyl (C=O) groups excluding carboxylic acids is 1. The lowest BCUT2D eigenvalue weighted by molar-refractivity contribution is -0.114. The number of aryl methyl sites for hydroxylation is 2. The highest BCUT2D eigenvalue weighted by molar-refractivity contribution is 5.93. The van der Waals surface area contributed by atoms with Crippen LogP contribution in [-0.4, -0.2) is 12.5 Å². The number of hydrogen-bond donors (Lipinski definition) is 2. The predicted molar refractivity (Wildman–Crippen MR) is 79.4 cm³/mol. The summed E-state index contributed by atoms with van der Waals surface area (Å²) in [6, 6.07) is 12.2. The molecule has 0 spiro atoms. The topological polar surface area (TPSA) is 41.1 Å². The lowest BCUT2D eigenvalue weighted by atomic mass is 10.2. The van der Waals surface area contributed by atoms with Crippen molar-refractivity contribution in [2.45, 2.75) is 13.8 Å². The molecule has 1 amide bonds. The summed E-state index contributed by atoms with van der Waals surface area (Å²) in [6.07, 6.45) is 0. The molecule has 0 saturated carbocycles. The zero-order valence-corrected chi connectivity index (χ0v) is 11.5. The first kappa shape index (κ1) is 14.1. The van der Waals surface area contributed by atoms with Crippen LogP contribution in [0.5, 0.6) is 0 Å². The van der Waals surface area contributed by atoms with Gasteiger partial charge < -0.3 is 10.6 Å². The first-order valence-electron chi connectivity index (χ1n) is 6.40. The standard InChI is InChI=1S/C16H17FN2O/c1-11-4-3-5-14(7-11)19-16(20)10-18-15-8-12(2)6-13(17)9-15/h3-9,18H,10H2,1-2H3,(H,19,20). The third-order valence-electron chi connectivity index (χ3n) is 2.80. The maximum Gasteiger partial charge on any atom is 0.243 e. The van der Waals surface area contributed by atoms with Crippen molar-refractivity contribution in [2.24, 2.45) is 0 Å². The van der Waals surface area contributed by atoms with Gasteiger partial charge in [-0.15, -0.1) is 0 Å². The van der Waals surface area contributed by atoms with Crippen LogP contribution < -0.4 is 10.6 Å². The Morgan fingerprint density at radius 1 is 1.05 bits per heavy atom. The van der Waals surface area contributed by atoms with Crippen molar-refractivity contribution in [2.75, 3.05) is 17.2 Å². The maximum absolute atomic E-state index is 13.2. The largest absolute Gasteiger partial charge is 0.376 e. The Kier molecular flexibility index (Phi) is 4.35. The molecule has 0 radical (unpaired) electrons. The van der Waals surface area contributed by atoms with Gasteiger partial charge in [0.15, 0.2) is 0 Å². The zero-order valence-electron chi connectivity index (χ0n) is 11.5. The van der Waals surface area contributed by atoms with Crippen molar-refractivity contribution >= 4 is 17.3 Å². The minimum atomic E-state index is -0.313. The summed E-state index contributed by atoms with van der Waals surface area (Å²) in [5, 5.41) is 5.70. The molecule has 3 nitrogen and oxygen atoms in total. The van der Waals surface area contributed by atoms with E-state index in [9.17, 15) is 9.18 Å². The fraction of sp³-hybridized carbons (Fsp3) is 0.188. The second-order valence-electron chi connectivity index (χ2n) is 4.79. The van der Waals surface area contributed by atoms with E-state index in [0.717, 1.165) is 16.8 Å². The average molecular weight is 272 g/mol. The van der Waals surface area contributed by atoms with Gasteiger partial charge in [0, 0.05) is 11.4 Å². The molecule has 0 aliphatic heterocycles. The quantitative estimate of drug-likeness (QED) is 0.894. The third-order valence-corrected chi connectivity index (χ3v) is 2.80. The van der Waals surface area contributed by atoms with Gasteiger partial charge >= 0.3 is 0 Å². The fourth-order valence-corrected chi connectivity index (χ4v) is 1.95. The number of amides is 1. The molecule has 0 aliphatic rings. The summed E-state index contributed by atoms with van der Waals surface area (Å²) >= 11 is 0. The number of hydrogen-bond acceptors (Lipinski definition) is 2. The minimum Gasteiger partial charge on any atom is -0.376 e. The average Bonchev–Trinajstić information content (AvgIpc) is 2.35. The number of benzene rings is 2. The minimum absolute atomic E-state index is 0.0941. The number of rotatable bonds is 4. The molecule has 20 heavy (non-hydrogen) atoms. The Morgan fingerprint density at radius 3 is 2.50 bits per heavy atom. The van der Waals surface area contributed by atoms with Crippen molar-refractivity contribution in [1.29, 1.82) is 0 Å². The Hall–Kier alpha value is -2.36. The van der Waals surface area contributed by atoms with Gasteiger partial charge in [0.2, 0.25) is 5.91 Å².